The lowest BCUT2D eigenvalue weighted by molar-refractivity contribution is 0.573. The number of sulfonamides is 1. The van der Waals surface area contributed by atoms with E-state index in [0.717, 1.165) is 17.0 Å². The van der Waals surface area contributed by atoms with Gasteiger partial charge in [-0.2, -0.15) is 0 Å². The lowest BCUT2D eigenvalue weighted by Gasteiger charge is -2.14. The molecule has 2 aromatic rings. The fraction of sp³-hybridized carbons (Fsp3) is 0.364. The second-order valence-electron chi connectivity index (χ2n) is 4.95. The molecule has 1 N–H and O–H groups in total. The van der Waals surface area contributed by atoms with Crippen molar-refractivity contribution >= 4 is 49.4 Å². The summed E-state index contributed by atoms with van der Waals surface area (Å²) < 4.78 is 27.3. The highest BCUT2D eigenvalue weighted by Gasteiger charge is 2.21. The smallest absolute Gasteiger partial charge is 0.254 e. The normalized spacial score (nSPS) is 12.6. The molecule has 0 aliphatic heterocycles. The van der Waals surface area contributed by atoms with E-state index in [4.69, 9.17) is 11.6 Å². The Hall–Kier alpha value is -0.630. The van der Waals surface area contributed by atoms with Crippen LogP contribution in [0.15, 0.2) is 21.7 Å². The predicted octanol–water partition coefficient (Wildman–Crippen LogP) is 3.96. The number of halogens is 1. The van der Waals surface area contributed by atoms with E-state index >= 15 is 0 Å². The number of aromatic nitrogens is 1. The van der Waals surface area contributed by atoms with Crippen LogP contribution >= 0.6 is 34.3 Å². The number of hydrogen-bond acceptors (Lipinski definition) is 5. The summed E-state index contributed by atoms with van der Waals surface area (Å²) in [6.45, 7) is 6.08. The first kappa shape index (κ1) is 14.8. The maximum absolute atomic E-state index is 12.1. The van der Waals surface area contributed by atoms with Gasteiger partial charge in [-0.05, 0) is 12.1 Å². The summed E-state index contributed by atoms with van der Waals surface area (Å²) in [5.74, 6) is 0. The van der Waals surface area contributed by atoms with Gasteiger partial charge in [-0.25, -0.2) is 13.4 Å². The van der Waals surface area contributed by atoms with E-state index in [1.165, 1.54) is 17.4 Å². The molecule has 2 aromatic heterocycles. The molecule has 2 rings (SSSR count). The van der Waals surface area contributed by atoms with Crippen LogP contribution in [0.3, 0.4) is 0 Å². The summed E-state index contributed by atoms with van der Waals surface area (Å²) in [4.78, 5) is 4.30. The maximum Gasteiger partial charge on any atom is 0.273 e. The van der Waals surface area contributed by atoms with E-state index in [9.17, 15) is 8.42 Å². The molecule has 19 heavy (non-hydrogen) atoms. The van der Waals surface area contributed by atoms with Crippen molar-refractivity contribution in [1.29, 1.82) is 0 Å². The Labute approximate surface area is 125 Å². The molecular formula is C11H13ClN2O2S3. The molecular weight excluding hydrogens is 324 g/mol. The number of nitrogens with zero attached hydrogens (tertiary/aromatic N) is 1. The number of nitrogens with one attached hydrogen (secondary N) is 1. The molecule has 0 spiro atoms. The quantitative estimate of drug-likeness (QED) is 0.923. The Bertz CT molecular complexity index is 683. The highest BCUT2D eigenvalue weighted by atomic mass is 35.5. The Morgan fingerprint density at radius 2 is 2.00 bits per heavy atom. The van der Waals surface area contributed by atoms with Crippen LogP contribution in [-0.4, -0.2) is 13.4 Å². The lowest BCUT2D eigenvalue weighted by atomic mass is 9.93. The van der Waals surface area contributed by atoms with Crippen LogP contribution < -0.4 is 4.72 Å². The van der Waals surface area contributed by atoms with Crippen LogP contribution in [0.25, 0.3) is 0 Å². The highest BCUT2D eigenvalue weighted by molar-refractivity contribution is 7.94. The molecule has 8 heteroatoms. The van der Waals surface area contributed by atoms with E-state index in [2.05, 4.69) is 9.71 Å². The van der Waals surface area contributed by atoms with Gasteiger partial charge in [-0.15, -0.1) is 22.7 Å². The summed E-state index contributed by atoms with van der Waals surface area (Å²) in [5, 5.41) is 2.23. The zero-order chi connectivity index (χ0) is 14.3. The summed E-state index contributed by atoms with van der Waals surface area (Å²) in [7, 11) is -3.59. The van der Waals surface area contributed by atoms with Gasteiger partial charge in [0.05, 0.1) is 10.0 Å². The molecule has 2 heterocycles. The summed E-state index contributed by atoms with van der Waals surface area (Å²) >= 11 is 8.04. The van der Waals surface area contributed by atoms with Gasteiger partial charge < -0.3 is 0 Å². The molecule has 0 aliphatic rings. The summed E-state index contributed by atoms with van der Waals surface area (Å²) in [5.41, 5.74) is 0.756. The van der Waals surface area contributed by atoms with E-state index in [0.29, 0.717) is 9.47 Å². The molecule has 0 unspecified atom stereocenters. The molecule has 0 atom stereocenters. The van der Waals surface area contributed by atoms with Gasteiger partial charge in [-0.1, -0.05) is 32.4 Å². The van der Waals surface area contributed by atoms with E-state index in [-0.39, 0.29) is 9.62 Å². The minimum absolute atomic E-state index is 0.105. The fourth-order valence-corrected chi connectivity index (χ4v) is 4.95. The van der Waals surface area contributed by atoms with Crippen molar-refractivity contribution in [3.05, 3.63) is 27.5 Å². The monoisotopic (exact) mass is 336 g/mol. The first-order chi connectivity index (χ1) is 8.68. The van der Waals surface area contributed by atoms with Crippen molar-refractivity contribution in [2.24, 2.45) is 0 Å². The van der Waals surface area contributed by atoms with Crippen molar-refractivity contribution < 1.29 is 8.42 Å². The van der Waals surface area contributed by atoms with Crippen LogP contribution in [0.1, 0.15) is 26.5 Å². The predicted molar refractivity (Wildman–Crippen MR) is 81.0 cm³/mol. The zero-order valence-electron chi connectivity index (χ0n) is 10.6. The molecule has 0 radical (unpaired) electrons. The number of rotatable bonds is 3. The second kappa shape index (κ2) is 5.05. The van der Waals surface area contributed by atoms with Crippen molar-refractivity contribution in [2.75, 3.05) is 4.72 Å². The fourth-order valence-electron chi connectivity index (χ4n) is 1.27. The number of anilines is 1. The number of thiazole rings is 1. The molecule has 4 nitrogen and oxygen atoms in total. The third-order valence-electron chi connectivity index (χ3n) is 2.31. The number of thiophene rings is 1. The van der Waals surface area contributed by atoms with Crippen molar-refractivity contribution in [1.82, 2.24) is 4.98 Å². The largest absolute Gasteiger partial charge is 0.273 e. The minimum atomic E-state index is -3.59. The van der Waals surface area contributed by atoms with Gasteiger partial charge in [0.1, 0.15) is 4.21 Å². The van der Waals surface area contributed by atoms with Gasteiger partial charge in [-0.3, -0.25) is 4.72 Å². The average Bonchev–Trinajstić information content (AvgIpc) is 2.85. The zero-order valence-corrected chi connectivity index (χ0v) is 13.8. The van der Waals surface area contributed by atoms with Gasteiger partial charge in [0.15, 0.2) is 5.13 Å². The molecule has 0 saturated heterocycles. The SMILES string of the molecule is CC(C)(C)c1csc(NS(=O)(=O)c2ccc(Cl)s2)n1. The average molecular weight is 337 g/mol. The third kappa shape index (κ3) is 3.47. The first-order valence-electron chi connectivity index (χ1n) is 5.43. The minimum Gasteiger partial charge on any atom is -0.254 e. The van der Waals surface area contributed by atoms with Gasteiger partial charge in [0, 0.05) is 10.8 Å². The van der Waals surface area contributed by atoms with Crippen molar-refractivity contribution in [3.63, 3.8) is 0 Å². The van der Waals surface area contributed by atoms with Crippen LogP contribution in [-0.2, 0) is 15.4 Å². The molecule has 0 saturated carbocycles. The molecule has 104 valence electrons. The van der Waals surface area contributed by atoms with E-state index < -0.39 is 10.0 Å². The molecule has 0 aliphatic carbocycles. The topological polar surface area (TPSA) is 59.1 Å². The Morgan fingerprint density at radius 3 is 2.47 bits per heavy atom. The van der Waals surface area contributed by atoms with Gasteiger partial charge in [0.2, 0.25) is 0 Å². The molecule has 0 amide bonds. The van der Waals surface area contributed by atoms with E-state index in [1.807, 2.05) is 26.2 Å². The maximum atomic E-state index is 12.1. The molecule has 0 aromatic carbocycles. The third-order valence-corrected chi connectivity index (χ3v) is 6.26. The van der Waals surface area contributed by atoms with Crippen LogP contribution in [0.5, 0.6) is 0 Å². The van der Waals surface area contributed by atoms with E-state index in [1.54, 1.807) is 6.07 Å². The Balaban J connectivity index is 2.24. The van der Waals surface area contributed by atoms with Crippen molar-refractivity contribution in [2.45, 2.75) is 30.4 Å². The standard InChI is InChI=1S/C11H13ClN2O2S3/c1-11(2,3)7-6-17-10(13-7)14-19(15,16)9-5-4-8(12)18-9/h4-6H,1-3H3,(H,13,14). The number of hydrogen-bond donors (Lipinski definition) is 1. The molecule has 0 bridgehead atoms. The highest BCUT2D eigenvalue weighted by Crippen LogP contribution is 2.30. The summed E-state index contributed by atoms with van der Waals surface area (Å²) in [6.07, 6.45) is 0. The first-order valence-corrected chi connectivity index (χ1v) is 8.98. The van der Waals surface area contributed by atoms with Crippen LogP contribution in [0.2, 0.25) is 4.34 Å². The van der Waals surface area contributed by atoms with Gasteiger partial charge >= 0.3 is 0 Å². The van der Waals surface area contributed by atoms with Gasteiger partial charge in [0.25, 0.3) is 10.0 Å². The Morgan fingerprint density at radius 1 is 1.32 bits per heavy atom. The van der Waals surface area contributed by atoms with Crippen LogP contribution in [0, 0.1) is 0 Å². The summed E-state index contributed by atoms with van der Waals surface area (Å²) in [6, 6.07) is 3.04. The Kier molecular flexibility index (Phi) is 3.92. The van der Waals surface area contributed by atoms with Crippen molar-refractivity contribution in [3.8, 4) is 0 Å². The molecule has 0 fully saturated rings. The second-order valence-corrected chi connectivity index (χ2v) is 9.43. The van der Waals surface area contributed by atoms with Crippen LogP contribution in [0.4, 0.5) is 5.13 Å². The lowest BCUT2D eigenvalue weighted by Crippen LogP contribution is -2.14.